The van der Waals surface area contributed by atoms with Crippen molar-refractivity contribution in [1.82, 2.24) is 0 Å². The highest BCUT2D eigenvalue weighted by Gasteiger charge is 2.10. The van der Waals surface area contributed by atoms with Gasteiger partial charge in [-0.15, -0.1) is 0 Å². The molecule has 0 aromatic heterocycles. The molecule has 0 spiro atoms. The second-order valence-corrected chi connectivity index (χ2v) is 4.34. The van der Waals surface area contributed by atoms with Gasteiger partial charge in [-0.1, -0.05) is 41.4 Å². The van der Waals surface area contributed by atoms with Crippen molar-refractivity contribution in [2.45, 2.75) is 6.42 Å². The Kier molecular flexibility index (Phi) is 5.12. The summed E-state index contributed by atoms with van der Waals surface area (Å²) in [6, 6.07) is 3.12. The quantitative estimate of drug-likeness (QED) is 0.658. The third-order valence-corrected chi connectivity index (χ3v) is 3.24. The third-order valence-electron chi connectivity index (χ3n) is 1.96. The number of ether oxygens (including phenoxy) is 1. The lowest BCUT2D eigenvalue weighted by molar-refractivity contribution is -0.132. The summed E-state index contributed by atoms with van der Waals surface area (Å²) >= 11 is 17.5. The van der Waals surface area contributed by atoms with E-state index >= 15 is 0 Å². The number of rotatable bonds is 5. The Balaban J connectivity index is 2.62. The topological polar surface area (TPSA) is 46.5 Å². The highest BCUT2D eigenvalue weighted by Crippen LogP contribution is 2.37. The summed E-state index contributed by atoms with van der Waals surface area (Å²) in [5.74, 6) is -0.687. The molecule has 0 unspecified atom stereocenters. The first kappa shape index (κ1) is 14.2. The fraction of sp³-hybridized carbons (Fsp3) is 0.182. The normalized spacial score (nSPS) is 10.1. The smallest absolute Gasteiger partial charge is 0.331 e. The lowest BCUT2D eigenvalue weighted by Gasteiger charge is -2.09. The van der Waals surface area contributed by atoms with Crippen LogP contribution in [0.5, 0.6) is 5.75 Å². The fourth-order valence-corrected chi connectivity index (χ4v) is 1.59. The molecule has 0 saturated carbocycles. The molecule has 0 aliphatic heterocycles. The number of hydrogen-bond donors (Lipinski definition) is 1. The SMILES string of the molecule is C=C(CCOc1ccc(Cl)c(Cl)c1Cl)C(=O)O. The molecule has 0 aliphatic carbocycles. The third kappa shape index (κ3) is 3.80. The molecule has 1 aromatic rings. The molecule has 1 N–H and O–H groups in total. The molecule has 0 bridgehead atoms. The van der Waals surface area contributed by atoms with E-state index in [0.717, 1.165) is 0 Å². The summed E-state index contributed by atoms with van der Waals surface area (Å²) in [6.45, 7) is 3.54. The first-order valence-electron chi connectivity index (χ1n) is 4.61. The van der Waals surface area contributed by atoms with Crippen LogP contribution in [0, 0.1) is 0 Å². The summed E-state index contributed by atoms with van der Waals surface area (Å²) in [5.41, 5.74) is 0.0705. The van der Waals surface area contributed by atoms with Crippen LogP contribution in [0.3, 0.4) is 0 Å². The van der Waals surface area contributed by atoms with Crippen LogP contribution >= 0.6 is 34.8 Å². The van der Waals surface area contributed by atoms with E-state index in [1.807, 2.05) is 0 Å². The van der Waals surface area contributed by atoms with E-state index in [1.165, 1.54) is 0 Å². The monoisotopic (exact) mass is 294 g/mol. The molecule has 3 nitrogen and oxygen atoms in total. The number of halogens is 3. The lowest BCUT2D eigenvalue weighted by Crippen LogP contribution is -2.05. The maximum atomic E-state index is 10.5. The molecule has 1 aromatic carbocycles. The van der Waals surface area contributed by atoms with Crippen LogP contribution in [-0.2, 0) is 4.79 Å². The van der Waals surface area contributed by atoms with E-state index in [2.05, 4.69) is 6.58 Å². The van der Waals surface area contributed by atoms with Gasteiger partial charge in [-0.2, -0.15) is 0 Å². The summed E-state index contributed by atoms with van der Waals surface area (Å²) in [6.07, 6.45) is 0.200. The van der Waals surface area contributed by atoms with Gasteiger partial charge in [0.15, 0.2) is 0 Å². The van der Waals surface area contributed by atoms with Crippen LogP contribution in [0.25, 0.3) is 0 Å². The predicted molar refractivity (Wildman–Crippen MR) is 68.4 cm³/mol. The number of carboxylic acids is 1. The lowest BCUT2D eigenvalue weighted by atomic mass is 10.2. The second kappa shape index (κ2) is 6.15. The van der Waals surface area contributed by atoms with Gasteiger partial charge in [0.25, 0.3) is 0 Å². The Morgan fingerprint density at radius 3 is 2.53 bits per heavy atom. The fourth-order valence-electron chi connectivity index (χ4n) is 1.01. The van der Waals surface area contributed by atoms with Gasteiger partial charge in [0.2, 0.25) is 0 Å². The van der Waals surface area contributed by atoms with Gasteiger partial charge < -0.3 is 9.84 Å². The Bertz CT molecular complexity index is 458. The van der Waals surface area contributed by atoms with Gasteiger partial charge >= 0.3 is 5.97 Å². The maximum absolute atomic E-state index is 10.5. The van der Waals surface area contributed by atoms with Crippen LogP contribution in [0.2, 0.25) is 15.1 Å². The minimum absolute atomic E-state index is 0.0705. The number of aliphatic carboxylic acids is 1. The summed E-state index contributed by atoms with van der Waals surface area (Å²) in [5, 5.41) is 9.35. The van der Waals surface area contributed by atoms with Gasteiger partial charge in [0.05, 0.1) is 16.7 Å². The molecule has 17 heavy (non-hydrogen) atoms. The highest BCUT2D eigenvalue weighted by atomic mass is 35.5. The Morgan fingerprint density at radius 2 is 1.94 bits per heavy atom. The van der Waals surface area contributed by atoms with E-state index in [9.17, 15) is 4.79 Å². The highest BCUT2D eigenvalue weighted by molar-refractivity contribution is 6.48. The van der Waals surface area contributed by atoms with Gasteiger partial charge in [-0.25, -0.2) is 4.79 Å². The van der Waals surface area contributed by atoms with Gasteiger partial charge in [-0.05, 0) is 12.1 Å². The average molecular weight is 296 g/mol. The summed E-state index contributed by atoms with van der Waals surface area (Å²) in [4.78, 5) is 10.5. The molecule has 0 atom stereocenters. The van der Waals surface area contributed by atoms with Crippen molar-refractivity contribution < 1.29 is 14.6 Å². The molecule has 1 rings (SSSR count). The average Bonchev–Trinajstić information content (AvgIpc) is 2.28. The summed E-state index contributed by atoms with van der Waals surface area (Å²) < 4.78 is 5.29. The van der Waals surface area contributed by atoms with Crippen molar-refractivity contribution >= 4 is 40.8 Å². The minimum Gasteiger partial charge on any atom is -0.492 e. The Hall–Kier alpha value is -0.900. The van der Waals surface area contributed by atoms with Crippen molar-refractivity contribution in [3.63, 3.8) is 0 Å². The first-order valence-corrected chi connectivity index (χ1v) is 5.74. The van der Waals surface area contributed by atoms with Gasteiger partial charge in [-0.3, -0.25) is 0 Å². The van der Waals surface area contributed by atoms with Crippen LogP contribution in [0.1, 0.15) is 6.42 Å². The molecule has 0 aliphatic rings. The van der Waals surface area contributed by atoms with Crippen LogP contribution < -0.4 is 4.74 Å². The minimum atomic E-state index is -1.05. The van der Waals surface area contributed by atoms with Crippen LogP contribution in [0.15, 0.2) is 24.3 Å². The molecular weight excluding hydrogens is 286 g/mol. The molecule has 0 heterocycles. The molecule has 0 fully saturated rings. The van der Waals surface area contributed by atoms with E-state index < -0.39 is 5.97 Å². The van der Waals surface area contributed by atoms with Crippen molar-refractivity contribution in [1.29, 1.82) is 0 Å². The number of benzene rings is 1. The molecule has 6 heteroatoms. The van der Waals surface area contributed by atoms with Crippen molar-refractivity contribution in [2.24, 2.45) is 0 Å². The standard InChI is InChI=1S/C11H9Cl3O3/c1-6(11(15)16)4-5-17-8-3-2-7(12)9(13)10(8)14/h2-3H,1,4-5H2,(H,15,16). The Morgan fingerprint density at radius 1 is 1.29 bits per heavy atom. The number of hydrogen-bond acceptors (Lipinski definition) is 2. The van der Waals surface area contributed by atoms with E-state index in [0.29, 0.717) is 10.8 Å². The second-order valence-electron chi connectivity index (χ2n) is 3.18. The summed E-state index contributed by atoms with van der Waals surface area (Å²) in [7, 11) is 0. The first-order chi connectivity index (χ1) is 7.93. The van der Waals surface area contributed by atoms with Crippen molar-refractivity contribution in [3.8, 4) is 5.75 Å². The molecule has 0 saturated heterocycles. The van der Waals surface area contributed by atoms with E-state index in [1.54, 1.807) is 12.1 Å². The number of carboxylic acid groups (broad SMARTS) is 1. The van der Waals surface area contributed by atoms with Gasteiger partial charge in [0.1, 0.15) is 10.8 Å². The maximum Gasteiger partial charge on any atom is 0.331 e. The van der Waals surface area contributed by atoms with Crippen molar-refractivity contribution in [3.05, 3.63) is 39.4 Å². The van der Waals surface area contributed by atoms with Gasteiger partial charge in [0, 0.05) is 12.0 Å². The van der Waals surface area contributed by atoms with Crippen LogP contribution in [0.4, 0.5) is 0 Å². The van der Waals surface area contributed by atoms with Crippen molar-refractivity contribution in [2.75, 3.05) is 6.61 Å². The zero-order valence-corrected chi connectivity index (χ0v) is 10.9. The Labute approximate surface area is 114 Å². The molecule has 0 radical (unpaired) electrons. The van der Waals surface area contributed by atoms with E-state index in [4.69, 9.17) is 44.6 Å². The molecular formula is C11H9Cl3O3. The number of carbonyl (C=O) groups is 1. The largest absolute Gasteiger partial charge is 0.492 e. The predicted octanol–water partition coefficient (Wildman–Crippen LogP) is 4.06. The zero-order chi connectivity index (χ0) is 13.0. The molecule has 0 amide bonds. The van der Waals surface area contributed by atoms with E-state index in [-0.39, 0.29) is 28.6 Å². The zero-order valence-electron chi connectivity index (χ0n) is 8.67. The van der Waals surface area contributed by atoms with Crippen LogP contribution in [-0.4, -0.2) is 17.7 Å². The molecule has 92 valence electrons.